The minimum Gasteiger partial charge on any atom is -0.211 e. The van der Waals surface area contributed by atoms with E-state index in [1.165, 1.54) is 0 Å². The van der Waals surface area contributed by atoms with Gasteiger partial charge in [0.1, 0.15) is 0 Å². The molecule has 0 aliphatic rings. The van der Waals surface area contributed by atoms with Crippen molar-refractivity contribution in [1.82, 2.24) is 4.72 Å². The first-order chi connectivity index (χ1) is 6.06. The van der Waals surface area contributed by atoms with Gasteiger partial charge >= 0.3 is 0 Å². The Balaban J connectivity index is 3.08. The van der Waals surface area contributed by atoms with Crippen molar-refractivity contribution >= 4 is 32.6 Å². The van der Waals surface area contributed by atoms with Gasteiger partial charge < -0.3 is 0 Å². The molecule has 0 bridgehead atoms. The van der Waals surface area contributed by atoms with Crippen LogP contribution in [0.2, 0.25) is 0 Å². The zero-order valence-corrected chi connectivity index (χ0v) is 10.1. The third kappa shape index (κ3) is 2.92. The largest absolute Gasteiger partial charge is 0.240 e. The second-order valence-corrected chi connectivity index (χ2v) is 5.47. The van der Waals surface area contributed by atoms with Crippen LogP contribution < -0.4 is 4.72 Å². The van der Waals surface area contributed by atoms with Crippen LogP contribution in [-0.4, -0.2) is 15.0 Å². The molecule has 72 valence electrons. The fraction of sp³-hybridized carbons (Fsp3) is 0.250. The smallest absolute Gasteiger partial charge is 0.211 e. The summed E-state index contributed by atoms with van der Waals surface area (Å²) >= 11 is 2.08. The summed E-state index contributed by atoms with van der Waals surface area (Å²) in [5.74, 6) is 0. The first kappa shape index (κ1) is 10.9. The van der Waals surface area contributed by atoms with Crippen LogP contribution in [0.1, 0.15) is 6.92 Å². The van der Waals surface area contributed by atoms with E-state index in [-0.39, 0.29) is 0 Å². The molecular formula is C8H10INO2S. The molecule has 0 radical (unpaired) electrons. The van der Waals surface area contributed by atoms with Crippen molar-refractivity contribution in [2.24, 2.45) is 0 Å². The van der Waals surface area contributed by atoms with E-state index in [2.05, 4.69) is 27.3 Å². The molecule has 3 nitrogen and oxygen atoms in total. The molecule has 1 N–H and O–H groups in total. The van der Waals surface area contributed by atoms with Crippen LogP contribution in [0.5, 0.6) is 0 Å². The molecule has 1 aromatic carbocycles. The summed E-state index contributed by atoms with van der Waals surface area (Å²) in [5, 5.41) is 0. The van der Waals surface area contributed by atoms with Crippen molar-refractivity contribution in [2.45, 2.75) is 11.8 Å². The maximum atomic E-state index is 11.5. The van der Waals surface area contributed by atoms with E-state index in [9.17, 15) is 8.42 Å². The van der Waals surface area contributed by atoms with E-state index >= 15 is 0 Å². The molecule has 0 aromatic heterocycles. The summed E-state index contributed by atoms with van der Waals surface area (Å²) in [6, 6.07) is 6.80. The SMILES string of the molecule is CCNS(=O)(=O)c1cccc(I)c1. The van der Waals surface area contributed by atoms with Gasteiger partial charge in [-0.25, -0.2) is 13.1 Å². The van der Waals surface area contributed by atoms with Gasteiger partial charge in [-0.05, 0) is 40.8 Å². The molecule has 0 heterocycles. The Morgan fingerprint density at radius 1 is 1.46 bits per heavy atom. The summed E-state index contributed by atoms with van der Waals surface area (Å²) in [6.07, 6.45) is 0. The van der Waals surface area contributed by atoms with Crippen molar-refractivity contribution in [3.63, 3.8) is 0 Å². The Morgan fingerprint density at radius 3 is 2.69 bits per heavy atom. The minimum absolute atomic E-state index is 0.321. The average Bonchev–Trinajstić information content (AvgIpc) is 2.04. The summed E-state index contributed by atoms with van der Waals surface area (Å²) in [6.45, 7) is 2.17. The van der Waals surface area contributed by atoms with Crippen molar-refractivity contribution in [3.8, 4) is 0 Å². The van der Waals surface area contributed by atoms with Crippen LogP contribution in [0, 0.1) is 3.57 Å². The van der Waals surface area contributed by atoms with E-state index < -0.39 is 10.0 Å². The molecule has 0 aliphatic carbocycles. The molecule has 0 amide bonds. The Hall–Kier alpha value is -0.140. The standard InChI is InChI=1S/C8H10INO2S/c1-2-10-13(11,12)8-5-3-4-7(9)6-8/h3-6,10H,2H2,1H3. The van der Waals surface area contributed by atoms with Crippen molar-refractivity contribution in [2.75, 3.05) is 6.54 Å². The van der Waals surface area contributed by atoms with E-state index in [1.54, 1.807) is 25.1 Å². The van der Waals surface area contributed by atoms with Gasteiger partial charge in [-0.15, -0.1) is 0 Å². The maximum absolute atomic E-state index is 11.5. The first-order valence-electron chi connectivity index (χ1n) is 3.81. The lowest BCUT2D eigenvalue weighted by Gasteiger charge is -2.03. The highest BCUT2D eigenvalue weighted by Gasteiger charge is 2.11. The van der Waals surface area contributed by atoms with Gasteiger partial charge in [-0.1, -0.05) is 13.0 Å². The highest BCUT2D eigenvalue weighted by Crippen LogP contribution is 2.12. The van der Waals surface area contributed by atoms with Gasteiger partial charge in [0.25, 0.3) is 0 Å². The number of nitrogens with one attached hydrogen (secondary N) is 1. The topological polar surface area (TPSA) is 46.2 Å². The van der Waals surface area contributed by atoms with Crippen molar-refractivity contribution < 1.29 is 8.42 Å². The number of hydrogen-bond donors (Lipinski definition) is 1. The Bertz CT molecular complexity index is 389. The predicted molar refractivity (Wildman–Crippen MR) is 60.0 cm³/mol. The van der Waals surface area contributed by atoms with Crippen LogP contribution in [-0.2, 0) is 10.0 Å². The predicted octanol–water partition coefficient (Wildman–Crippen LogP) is 1.59. The van der Waals surface area contributed by atoms with Crippen molar-refractivity contribution in [1.29, 1.82) is 0 Å². The average molecular weight is 311 g/mol. The van der Waals surface area contributed by atoms with E-state index in [1.807, 2.05) is 6.07 Å². The van der Waals surface area contributed by atoms with Gasteiger partial charge in [0, 0.05) is 10.1 Å². The van der Waals surface area contributed by atoms with Crippen LogP contribution in [0.3, 0.4) is 0 Å². The molecule has 13 heavy (non-hydrogen) atoms. The van der Waals surface area contributed by atoms with Crippen LogP contribution in [0.15, 0.2) is 29.2 Å². The lowest BCUT2D eigenvalue weighted by Crippen LogP contribution is -2.23. The summed E-state index contributed by atoms with van der Waals surface area (Å²) in [4.78, 5) is 0.321. The first-order valence-corrected chi connectivity index (χ1v) is 6.37. The summed E-state index contributed by atoms with van der Waals surface area (Å²) in [5.41, 5.74) is 0. The zero-order chi connectivity index (χ0) is 9.90. The second kappa shape index (κ2) is 4.39. The van der Waals surface area contributed by atoms with Crippen LogP contribution in [0.25, 0.3) is 0 Å². The quantitative estimate of drug-likeness (QED) is 0.862. The number of sulfonamides is 1. The summed E-state index contributed by atoms with van der Waals surface area (Å²) < 4.78 is 26.3. The lowest BCUT2D eigenvalue weighted by atomic mass is 10.4. The molecule has 1 rings (SSSR count). The number of rotatable bonds is 3. The van der Waals surface area contributed by atoms with E-state index in [0.717, 1.165) is 3.57 Å². The van der Waals surface area contributed by atoms with Gasteiger partial charge in [-0.3, -0.25) is 0 Å². The molecule has 0 saturated heterocycles. The highest BCUT2D eigenvalue weighted by atomic mass is 127. The minimum atomic E-state index is -3.29. The highest BCUT2D eigenvalue weighted by molar-refractivity contribution is 14.1. The second-order valence-electron chi connectivity index (χ2n) is 2.46. The van der Waals surface area contributed by atoms with Crippen LogP contribution >= 0.6 is 22.6 Å². The summed E-state index contributed by atoms with van der Waals surface area (Å²) in [7, 11) is -3.29. The molecule has 0 aliphatic heterocycles. The van der Waals surface area contributed by atoms with Gasteiger partial charge in [-0.2, -0.15) is 0 Å². The third-order valence-corrected chi connectivity index (χ3v) is 3.65. The van der Waals surface area contributed by atoms with E-state index in [4.69, 9.17) is 0 Å². The maximum Gasteiger partial charge on any atom is 0.240 e. The molecule has 5 heteroatoms. The van der Waals surface area contributed by atoms with Gasteiger partial charge in [0.15, 0.2) is 0 Å². The fourth-order valence-corrected chi connectivity index (χ4v) is 2.75. The molecule has 0 saturated carbocycles. The van der Waals surface area contributed by atoms with Gasteiger partial charge in [0.2, 0.25) is 10.0 Å². The van der Waals surface area contributed by atoms with Gasteiger partial charge in [0.05, 0.1) is 4.90 Å². The van der Waals surface area contributed by atoms with Crippen molar-refractivity contribution in [3.05, 3.63) is 27.8 Å². The Kier molecular flexibility index (Phi) is 3.69. The van der Waals surface area contributed by atoms with Crippen LogP contribution in [0.4, 0.5) is 0 Å². The fourth-order valence-electron chi connectivity index (χ4n) is 0.908. The Labute approximate surface area is 91.7 Å². The normalized spacial score (nSPS) is 11.5. The molecule has 1 aromatic rings. The Morgan fingerprint density at radius 2 is 2.15 bits per heavy atom. The molecule has 0 spiro atoms. The molecule has 0 atom stereocenters. The number of hydrogen-bond acceptors (Lipinski definition) is 2. The molecule has 0 fully saturated rings. The monoisotopic (exact) mass is 311 g/mol. The van der Waals surface area contributed by atoms with E-state index in [0.29, 0.717) is 11.4 Å². The zero-order valence-electron chi connectivity index (χ0n) is 7.12. The number of halogens is 1. The number of benzene rings is 1. The molecule has 0 unspecified atom stereocenters. The lowest BCUT2D eigenvalue weighted by molar-refractivity contribution is 0.584. The molecular weight excluding hydrogens is 301 g/mol. The third-order valence-electron chi connectivity index (χ3n) is 1.44.